The number of allylic oxidation sites excluding steroid dienone is 4. The molecule has 0 aromatic heterocycles. The highest BCUT2D eigenvalue weighted by atomic mass is 31.0. The average Bonchev–Trinajstić information content (AvgIpc) is 2.63. The molecule has 0 bridgehead atoms. The average molecular weight is 330 g/mol. The van der Waals surface area contributed by atoms with Crippen molar-refractivity contribution in [1.29, 1.82) is 0 Å². The van der Waals surface area contributed by atoms with Crippen molar-refractivity contribution in [2.45, 2.75) is 0 Å². The van der Waals surface area contributed by atoms with E-state index in [2.05, 4.69) is 52.2 Å². The maximum absolute atomic E-state index is 4.86. The van der Waals surface area contributed by atoms with E-state index in [4.69, 9.17) is 9.98 Å². The topological polar surface area (TPSA) is 24.7 Å². The number of aliphatic imine (C=N–C) groups is 2. The van der Waals surface area contributed by atoms with Crippen LogP contribution < -0.4 is 5.30 Å². The second-order valence-electron chi connectivity index (χ2n) is 5.39. The number of hydrogen-bond acceptors (Lipinski definition) is 2. The van der Waals surface area contributed by atoms with Crippen LogP contribution in [0.5, 0.6) is 0 Å². The van der Waals surface area contributed by atoms with Crippen molar-refractivity contribution in [3.8, 4) is 0 Å². The zero-order valence-electron chi connectivity index (χ0n) is 13.4. The molecule has 2 aromatic carbocycles. The Morgan fingerprint density at radius 1 is 0.875 bits per heavy atom. The second-order valence-corrected chi connectivity index (χ2v) is 6.06. The molecule has 0 radical (unpaired) electrons. The maximum atomic E-state index is 4.86. The van der Waals surface area contributed by atoms with E-state index in [1.54, 1.807) is 6.08 Å². The highest BCUT2D eigenvalue weighted by molar-refractivity contribution is 7.27. The van der Waals surface area contributed by atoms with E-state index in [1.165, 1.54) is 0 Å². The fourth-order valence-electron chi connectivity index (χ4n) is 2.47. The van der Waals surface area contributed by atoms with E-state index in [1.807, 2.05) is 36.4 Å². The van der Waals surface area contributed by atoms with Crippen LogP contribution in [0.25, 0.3) is 0 Å². The van der Waals surface area contributed by atoms with Gasteiger partial charge in [0.1, 0.15) is 0 Å². The van der Waals surface area contributed by atoms with Crippen molar-refractivity contribution in [2.75, 3.05) is 6.54 Å². The molecule has 1 atom stereocenters. The summed E-state index contributed by atoms with van der Waals surface area (Å²) in [5.74, 6) is 0. The summed E-state index contributed by atoms with van der Waals surface area (Å²) in [4.78, 5) is 9.66. The highest BCUT2D eigenvalue weighted by Gasteiger charge is 2.18. The summed E-state index contributed by atoms with van der Waals surface area (Å²) >= 11 is 0. The Labute approximate surface area is 145 Å². The van der Waals surface area contributed by atoms with E-state index >= 15 is 0 Å². The van der Waals surface area contributed by atoms with Crippen LogP contribution in [0.15, 0.2) is 101 Å². The van der Waals surface area contributed by atoms with Crippen molar-refractivity contribution < 1.29 is 0 Å². The molecular weight excluding hydrogens is 311 g/mol. The molecule has 0 fully saturated rings. The van der Waals surface area contributed by atoms with Crippen LogP contribution >= 0.6 is 9.24 Å². The normalized spacial score (nSPS) is 16.1. The first-order valence-electron chi connectivity index (χ1n) is 7.81. The smallest absolute Gasteiger partial charge is 0.0964 e. The Bertz CT molecular complexity index is 841. The van der Waals surface area contributed by atoms with Gasteiger partial charge < -0.3 is 0 Å². The van der Waals surface area contributed by atoms with Gasteiger partial charge >= 0.3 is 0 Å². The molecule has 2 nitrogen and oxygen atoms in total. The van der Waals surface area contributed by atoms with Crippen LogP contribution in [-0.2, 0) is 0 Å². The van der Waals surface area contributed by atoms with Gasteiger partial charge in [-0.15, -0.1) is 9.24 Å². The molecular formula is C21H19N2P. The minimum absolute atomic E-state index is 0.579. The van der Waals surface area contributed by atoms with Gasteiger partial charge in [0.25, 0.3) is 0 Å². The summed E-state index contributed by atoms with van der Waals surface area (Å²) in [6.45, 7) is 4.26. The van der Waals surface area contributed by atoms with Crippen LogP contribution in [0.1, 0.15) is 11.1 Å². The Balaban J connectivity index is 2.04. The minimum Gasteiger partial charge on any atom is -0.276 e. The molecule has 0 saturated carbocycles. The first kappa shape index (κ1) is 16.3. The van der Waals surface area contributed by atoms with Crippen LogP contribution in [0, 0.1) is 0 Å². The molecule has 3 heteroatoms. The lowest BCUT2D eigenvalue weighted by Crippen LogP contribution is -2.22. The fourth-order valence-corrected chi connectivity index (χ4v) is 2.66. The summed E-state index contributed by atoms with van der Waals surface area (Å²) < 4.78 is 0. The Morgan fingerprint density at radius 2 is 1.58 bits per heavy atom. The fraction of sp³-hybridized carbons (Fsp3) is 0.0476. The van der Waals surface area contributed by atoms with Crippen LogP contribution in [0.3, 0.4) is 0 Å². The molecule has 0 amide bonds. The number of benzene rings is 2. The van der Waals surface area contributed by atoms with Gasteiger partial charge in [-0.05, 0) is 11.4 Å². The molecule has 0 saturated heterocycles. The molecule has 0 aliphatic carbocycles. The first-order valence-corrected chi connectivity index (χ1v) is 8.39. The van der Waals surface area contributed by atoms with Gasteiger partial charge in [0.15, 0.2) is 0 Å². The van der Waals surface area contributed by atoms with Crippen molar-refractivity contribution in [2.24, 2.45) is 9.98 Å². The predicted octanol–water partition coefficient (Wildman–Crippen LogP) is 4.11. The standard InChI is InChI=1S/C21H19N2P/c1-2-3-5-10-18-15-22-20(17-11-13-19(24)14-12-17)21(23-18)16-8-6-4-7-9-16/h2-14H,1,15,24H2/b5-3-,18-10+. The number of hydrogen-bond donors (Lipinski definition) is 0. The third kappa shape index (κ3) is 3.84. The maximum Gasteiger partial charge on any atom is 0.0964 e. The molecule has 0 spiro atoms. The SMILES string of the molecule is C=C/C=C\C=C1/CN=C(c2ccc(P)cc2)C(c2ccccc2)=N1. The zero-order valence-corrected chi connectivity index (χ0v) is 14.5. The van der Waals surface area contributed by atoms with Gasteiger partial charge in [0.2, 0.25) is 0 Å². The summed E-state index contributed by atoms with van der Waals surface area (Å²) in [6, 6.07) is 18.5. The molecule has 1 aliphatic heterocycles. The van der Waals surface area contributed by atoms with E-state index < -0.39 is 0 Å². The van der Waals surface area contributed by atoms with Gasteiger partial charge in [-0.25, -0.2) is 4.99 Å². The lowest BCUT2D eigenvalue weighted by Gasteiger charge is -2.16. The molecule has 1 aliphatic rings. The molecule has 3 rings (SSSR count). The first-order chi connectivity index (χ1) is 11.8. The van der Waals surface area contributed by atoms with Gasteiger partial charge in [0.05, 0.1) is 23.7 Å². The lowest BCUT2D eigenvalue weighted by atomic mass is 9.98. The van der Waals surface area contributed by atoms with Crippen LogP contribution in [0.4, 0.5) is 0 Å². The van der Waals surface area contributed by atoms with Crippen molar-refractivity contribution in [3.05, 3.63) is 102 Å². The highest BCUT2D eigenvalue weighted by Crippen LogP contribution is 2.17. The minimum atomic E-state index is 0.579. The third-order valence-electron chi connectivity index (χ3n) is 3.65. The third-order valence-corrected chi connectivity index (χ3v) is 4.03. The molecule has 2 aromatic rings. The number of rotatable bonds is 4. The zero-order chi connectivity index (χ0) is 16.8. The quantitative estimate of drug-likeness (QED) is 0.595. The van der Waals surface area contributed by atoms with E-state index in [-0.39, 0.29) is 0 Å². The predicted molar refractivity (Wildman–Crippen MR) is 108 cm³/mol. The monoisotopic (exact) mass is 330 g/mol. The molecule has 118 valence electrons. The van der Waals surface area contributed by atoms with Gasteiger partial charge in [-0.2, -0.15) is 0 Å². The van der Waals surface area contributed by atoms with Crippen molar-refractivity contribution >= 4 is 26.0 Å². The van der Waals surface area contributed by atoms with Crippen molar-refractivity contribution in [1.82, 2.24) is 0 Å². The van der Waals surface area contributed by atoms with E-state index in [9.17, 15) is 0 Å². The van der Waals surface area contributed by atoms with Crippen LogP contribution in [0.2, 0.25) is 0 Å². The van der Waals surface area contributed by atoms with Crippen LogP contribution in [-0.4, -0.2) is 18.0 Å². The molecule has 24 heavy (non-hydrogen) atoms. The van der Waals surface area contributed by atoms with Crippen molar-refractivity contribution in [3.63, 3.8) is 0 Å². The molecule has 0 N–H and O–H groups in total. The molecule has 1 unspecified atom stereocenters. The second kappa shape index (κ2) is 7.81. The number of nitrogens with zero attached hydrogens (tertiary/aromatic N) is 2. The summed E-state index contributed by atoms with van der Waals surface area (Å²) in [6.07, 6.45) is 7.57. The Hall–Kier alpha value is -2.57. The van der Waals surface area contributed by atoms with E-state index in [0.717, 1.165) is 33.6 Å². The summed E-state index contributed by atoms with van der Waals surface area (Å²) in [7, 11) is 2.71. The summed E-state index contributed by atoms with van der Waals surface area (Å²) in [5.41, 5.74) is 4.96. The Kier molecular flexibility index (Phi) is 5.30. The van der Waals surface area contributed by atoms with Gasteiger partial charge in [-0.3, -0.25) is 4.99 Å². The Morgan fingerprint density at radius 3 is 2.29 bits per heavy atom. The largest absolute Gasteiger partial charge is 0.276 e. The molecule has 1 heterocycles. The summed E-state index contributed by atoms with van der Waals surface area (Å²) in [5, 5.41) is 1.16. The van der Waals surface area contributed by atoms with Gasteiger partial charge in [0, 0.05) is 11.1 Å². The van der Waals surface area contributed by atoms with E-state index in [0.29, 0.717) is 6.54 Å². The van der Waals surface area contributed by atoms with Gasteiger partial charge in [-0.1, -0.05) is 79.4 Å². The lowest BCUT2D eigenvalue weighted by molar-refractivity contribution is 1.09.